The Hall–Kier alpha value is -3.34. The molecule has 1 saturated carbocycles. The average Bonchev–Trinajstić information content (AvgIpc) is 3.35. The number of allylic oxidation sites excluding steroid dienone is 1. The van der Waals surface area contributed by atoms with E-state index in [1.807, 2.05) is 30.0 Å². The predicted octanol–water partition coefficient (Wildman–Crippen LogP) is 15.0. The van der Waals surface area contributed by atoms with Crippen LogP contribution in [-0.4, -0.2) is 65.4 Å². The molecule has 0 radical (unpaired) electrons. The Morgan fingerprint density at radius 3 is 2.16 bits per heavy atom. The quantitative estimate of drug-likeness (QED) is 0.0374. The van der Waals surface area contributed by atoms with Crippen LogP contribution in [0.25, 0.3) is 10.8 Å². The molecule has 7 atom stereocenters. The summed E-state index contributed by atoms with van der Waals surface area (Å²) in [6.07, 6.45) is 31.6. The van der Waals surface area contributed by atoms with Gasteiger partial charge in [0.25, 0.3) is 0 Å². The van der Waals surface area contributed by atoms with E-state index in [0.717, 1.165) is 109 Å². The molecule has 9 heteroatoms. The molecule has 8 nitrogen and oxygen atoms in total. The fourth-order valence-corrected chi connectivity index (χ4v) is 12.8. The van der Waals surface area contributed by atoms with Crippen molar-refractivity contribution in [1.82, 2.24) is 0 Å². The van der Waals surface area contributed by atoms with E-state index in [2.05, 4.69) is 68.1 Å². The maximum Gasteiger partial charge on any atom is 0.230 e. The summed E-state index contributed by atoms with van der Waals surface area (Å²) >= 11 is 1.98. The highest BCUT2D eigenvalue weighted by atomic mass is 32.2. The summed E-state index contributed by atoms with van der Waals surface area (Å²) in [5.74, 6) is 2.69. The molecular weight excluding hydrogens is 855 g/mol. The minimum absolute atomic E-state index is 0.00660. The van der Waals surface area contributed by atoms with Crippen LogP contribution in [0.5, 0.6) is 17.2 Å². The summed E-state index contributed by atoms with van der Waals surface area (Å²) in [6, 6.07) is 21.0. The summed E-state index contributed by atoms with van der Waals surface area (Å²) in [5, 5.41) is 27.3. The van der Waals surface area contributed by atoms with Gasteiger partial charge in [-0.2, -0.15) is 11.8 Å². The van der Waals surface area contributed by atoms with Gasteiger partial charge in [0.2, 0.25) is 12.1 Å². The van der Waals surface area contributed by atoms with Crippen molar-refractivity contribution in [1.29, 1.82) is 0 Å². The molecule has 2 aliphatic heterocycles. The topological polar surface area (TPSA) is 99.0 Å². The molecule has 0 bridgehead atoms. The van der Waals surface area contributed by atoms with E-state index < -0.39 is 5.79 Å². The third kappa shape index (κ3) is 14.1. The zero-order valence-corrected chi connectivity index (χ0v) is 41.7. The van der Waals surface area contributed by atoms with E-state index in [1.165, 1.54) is 88.9 Å². The fraction of sp³-hybridized carbons (Fsp3) is 0.638. The van der Waals surface area contributed by atoms with Gasteiger partial charge < -0.3 is 34.0 Å². The normalized spacial score (nSPS) is 25.0. The lowest BCUT2D eigenvalue weighted by Crippen LogP contribution is -2.64. The second-order valence-electron chi connectivity index (χ2n) is 19.7. The number of aliphatic hydroxyl groups is 2. The zero-order valence-electron chi connectivity index (χ0n) is 40.9. The molecule has 3 aromatic carbocycles. The van der Waals surface area contributed by atoms with Crippen LogP contribution in [0.4, 0.5) is 0 Å². The van der Waals surface area contributed by atoms with Crippen LogP contribution in [0.3, 0.4) is 0 Å². The van der Waals surface area contributed by atoms with Crippen molar-refractivity contribution < 1.29 is 34.0 Å². The molecule has 1 saturated heterocycles. The standard InChI is InChI=1S/C58H83NO7S/c1-3-5-6-7-8-9-10-11-12-13-14-15-16-25-39-67-54-43-52(59-66-55-30-21-24-38-62-55)50-41-46(28-19-22-35-60)49(29-20-23-36-61)56-51-42-48(64-47-32-31-44-26-17-18-27-45(44)40-47)33-34-53(51)65-58(54,57(50)56)63-37-4-2/h4,17-18,26-27,31-34,40-42,46,49,54-57,60-61H,2-3,5-16,19-25,28-30,35-39,43H2,1H3. The lowest BCUT2D eigenvalue weighted by Gasteiger charge is -2.58. The first-order valence-electron chi connectivity index (χ1n) is 26.7. The van der Waals surface area contributed by atoms with Gasteiger partial charge in [-0.3, -0.25) is 0 Å². The van der Waals surface area contributed by atoms with E-state index in [9.17, 15) is 10.2 Å². The van der Waals surface area contributed by atoms with E-state index in [1.54, 1.807) is 0 Å². The summed E-state index contributed by atoms with van der Waals surface area (Å²) in [7, 11) is 0. The zero-order chi connectivity index (χ0) is 46.5. The number of hydrogen-bond donors (Lipinski definition) is 2. The molecule has 2 fully saturated rings. The Kier molecular flexibility index (Phi) is 21.3. The Morgan fingerprint density at radius 1 is 0.776 bits per heavy atom. The highest BCUT2D eigenvalue weighted by Gasteiger charge is 2.64. The number of fused-ring (bicyclic) bond motifs is 3. The molecular formula is C58H83NO7S. The molecule has 0 spiro atoms. The minimum atomic E-state index is -0.981. The molecule has 2 heterocycles. The molecule has 67 heavy (non-hydrogen) atoms. The second kappa shape index (κ2) is 27.7. The van der Waals surface area contributed by atoms with Crippen molar-refractivity contribution in [2.45, 2.75) is 184 Å². The Bertz CT molecular complexity index is 2000. The third-order valence-electron chi connectivity index (χ3n) is 14.8. The van der Waals surface area contributed by atoms with Crippen molar-refractivity contribution in [2.24, 2.45) is 22.9 Å². The SMILES string of the molecule is C=CCOC12Oc3ccc(Oc4ccc5ccccc5c4)cc3C3C(CCCCO)C(CCCCO)C=C(C(=NOC4CCCCO4)CC1SCCCCCCCCCCCCCCCC)C32. The average molecular weight is 938 g/mol. The van der Waals surface area contributed by atoms with Crippen LogP contribution in [-0.2, 0) is 14.3 Å². The number of nitrogens with zero attached hydrogens (tertiary/aromatic N) is 1. The molecule has 368 valence electrons. The minimum Gasteiger partial charge on any atom is -0.460 e. The van der Waals surface area contributed by atoms with Crippen LogP contribution < -0.4 is 9.47 Å². The highest BCUT2D eigenvalue weighted by Crippen LogP contribution is 2.63. The Morgan fingerprint density at radius 2 is 1.46 bits per heavy atom. The van der Waals surface area contributed by atoms with Gasteiger partial charge in [0.1, 0.15) is 17.2 Å². The predicted molar refractivity (Wildman–Crippen MR) is 276 cm³/mol. The van der Waals surface area contributed by atoms with Gasteiger partial charge in [-0.1, -0.05) is 151 Å². The van der Waals surface area contributed by atoms with Gasteiger partial charge in [-0.15, -0.1) is 6.58 Å². The molecule has 0 amide bonds. The monoisotopic (exact) mass is 938 g/mol. The Balaban J connectivity index is 1.17. The fourth-order valence-electron chi connectivity index (χ4n) is 11.3. The van der Waals surface area contributed by atoms with Crippen molar-refractivity contribution >= 4 is 28.2 Å². The highest BCUT2D eigenvalue weighted by molar-refractivity contribution is 8.00. The van der Waals surface area contributed by atoms with Gasteiger partial charge in [0.15, 0.2) is 0 Å². The van der Waals surface area contributed by atoms with Gasteiger partial charge in [0.05, 0.1) is 30.1 Å². The third-order valence-corrected chi connectivity index (χ3v) is 16.2. The summed E-state index contributed by atoms with van der Waals surface area (Å²) in [6.45, 7) is 7.82. The first kappa shape index (κ1) is 51.5. The molecule has 7 rings (SSSR count). The van der Waals surface area contributed by atoms with Crippen molar-refractivity contribution in [3.8, 4) is 17.2 Å². The molecule has 2 N–H and O–H groups in total. The first-order chi connectivity index (χ1) is 33.1. The maximum atomic E-state index is 10.1. The van der Waals surface area contributed by atoms with E-state index in [4.69, 9.17) is 28.9 Å². The van der Waals surface area contributed by atoms with Crippen LogP contribution in [0.2, 0.25) is 0 Å². The maximum absolute atomic E-state index is 10.1. The van der Waals surface area contributed by atoms with Crippen molar-refractivity contribution in [3.63, 3.8) is 0 Å². The molecule has 4 aliphatic rings. The number of rotatable bonds is 31. The number of aliphatic hydroxyl groups excluding tert-OH is 2. The van der Waals surface area contributed by atoms with Gasteiger partial charge in [0, 0.05) is 37.5 Å². The number of ether oxygens (including phenoxy) is 4. The molecule has 7 unspecified atom stereocenters. The summed E-state index contributed by atoms with van der Waals surface area (Å²) < 4.78 is 27.4. The number of benzene rings is 3. The van der Waals surface area contributed by atoms with E-state index in [-0.39, 0.29) is 48.4 Å². The lowest BCUT2D eigenvalue weighted by atomic mass is 9.56. The molecule has 3 aromatic rings. The number of unbranched alkanes of at least 4 members (excludes halogenated alkanes) is 15. The van der Waals surface area contributed by atoms with Crippen LogP contribution in [0, 0.1) is 17.8 Å². The number of oxime groups is 1. The van der Waals surface area contributed by atoms with Gasteiger partial charge in [-0.05, 0) is 109 Å². The van der Waals surface area contributed by atoms with Crippen LogP contribution >= 0.6 is 11.8 Å². The largest absolute Gasteiger partial charge is 0.460 e. The second-order valence-corrected chi connectivity index (χ2v) is 21.0. The van der Waals surface area contributed by atoms with Gasteiger partial charge >= 0.3 is 0 Å². The van der Waals surface area contributed by atoms with Crippen molar-refractivity contribution in [3.05, 3.63) is 90.5 Å². The van der Waals surface area contributed by atoms with Crippen LogP contribution in [0.15, 0.2) is 90.1 Å². The molecule has 0 aromatic heterocycles. The van der Waals surface area contributed by atoms with E-state index in [0.29, 0.717) is 19.6 Å². The number of thioether (sulfide) groups is 1. The number of hydrogen-bond acceptors (Lipinski definition) is 9. The first-order valence-corrected chi connectivity index (χ1v) is 27.8. The van der Waals surface area contributed by atoms with E-state index >= 15 is 0 Å². The van der Waals surface area contributed by atoms with Gasteiger partial charge in [-0.25, -0.2) is 0 Å². The molecule has 2 aliphatic carbocycles. The smallest absolute Gasteiger partial charge is 0.230 e. The summed E-state index contributed by atoms with van der Waals surface area (Å²) in [4.78, 5) is 6.35. The van der Waals surface area contributed by atoms with Crippen molar-refractivity contribution in [2.75, 3.05) is 32.2 Å². The Labute approximate surface area is 407 Å². The van der Waals surface area contributed by atoms with Crippen LogP contribution in [0.1, 0.15) is 173 Å². The summed E-state index contributed by atoms with van der Waals surface area (Å²) in [5.41, 5.74) is 3.25. The lowest BCUT2D eigenvalue weighted by molar-refractivity contribution is -0.223.